The highest BCUT2D eigenvalue weighted by Gasteiger charge is 2.13. The van der Waals surface area contributed by atoms with E-state index in [0.717, 1.165) is 7.11 Å². The Morgan fingerprint density at radius 3 is 2.85 bits per heavy atom. The van der Waals surface area contributed by atoms with E-state index in [9.17, 15) is 13.2 Å². The summed E-state index contributed by atoms with van der Waals surface area (Å²) in [6.45, 7) is -0.263. The van der Waals surface area contributed by atoms with Crippen molar-refractivity contribution in [1.29, 1.82) is 0 Å². The van der Waals surface area contributed by atoms with Crippen molar-refractivity contribution in [3.05, 3.63) is 35.4 Å². The van der Waals surface area contributed by atoms with E-state index in [1.165, 1.54) is 0 Å². The van der Waals surface area contributed by atoms with Gasteiger partial charge in [-0.3, -0.25) is 0 Å². The van der Waals surface area contributed by atoms with Crippen LogP contribution in [0.15, 0.2) is 24.3 Å². The molecule has 108 valence electrons. The molecule has 0 spiro atoms. The van der Waals surface area contributed by atoms with Gasteiger partial charge in [0.05, 0.1) is 7.11 Å². The minimum Gasteiger partial charge on any atom is -0.452 e. The van der Waals surface area contributed by atoms with E-state index in [4.69, 9.17) is 5.11 Å². The lowest BCUT2D eigenvalue weighted by atomic mass is 10.1. The topological polar surface area (TPSA) is 105 Å². The summed E-state index contributed by atoms with van der Waals surface area (Å²) >= 11 is 0. The van der Waals surface area contributed by atoms with Crippen molar-refractivity contribution in [2.24, 2.45) is 0 Å². The van der Waals surface area contributed by atoms with E-state index in [-0.39, 0.29) is 13.2 Å². The second kappa shape index (κ2) is 7.49. The maximum Gasteiger partial charge on any atom is 0.421 e. The highest BCUT2D eigenvalue weighted by molar-refractivity contribution is 7.88. The molecule has 0 fully saturated rings. The van der Waals surface area contributed by atoms with Crippen LogP contribution in [0.1, 0.15) is 11.1 Å². The number of carbonyl (C=O) groups excluding carboxylic acids is 1. The Morgan fingerprint density at radius 2 is 2.20 bits per heavy atom. The molecule has 0 bridgehead atoms. The third-order valence-electron chi connectivity index (χ3n) is 2.11. The van der Waals surface area contributed by atoms with E-state index < -0.39 is 16.3 Å². The molecule has 0 radical (unpaired) electrons. The number of ether oxygens (including phenoxy) is 1. The number of nitrogens with one attached hydrogen (secondary N) is 2. The molecule has 0 saturated heterocycles. The van der Waals surface area contributed by atoms with Gasteiger partial charge in [0.15, 0.2) is 0 Å². The van der Waals surface area contributed by atoms with E-state index in [0.29, 0.717) is 11.1 Å². The van der Waals surface area contributed by atoms with Crippen LogP contribution in [0, 0.1) is 11.8 Å². The summed E-state index contributed by atoms with van der Waals surface area (Å²) in [7, 11) is -2.91. The van der Waals surface area contributed by atoms with Gasteiger partial charge in [-0.25, -0.2) is 9.52 Å². The van der Waals surface area contributed by atoms with Crippen LogP contribution in [-0.2, 0) is 21.5 Å². The Kier molecular flexibility index (Phi) is 5.99. The number of hydrogen-bond acceptors (Lipinski definition) is 5. The number of aliphatic hydroxyl groups is 1. The Balaban J connectivity index is 2.68. The fourth-order valence-corrected chi connectivity index (χ4v) is 2.00. The smallest absolute Gasteiger partial charge is 0.421 e. The van der Waals surface area contributed by atoms with Gasteiger partial charge in [0.2, 0.25) is 0 Å². The summed E-state index contributed by atoms with van der Waals surface area (Å²) in [5.41, 5.74) is 1.31. The number of benzene rings is 1. The molecule has 0 heterocycles. The van der Waals surface area contributed by atoms with Gasteiger partial charge in [-0.2, -0.15) is 13.1 Å². The monoisotopic (exact) mass is 298 g/mol. The van der Waals surface area contributed by atoms with Crippen LogP contribution in [0.3, 0.4) is 0 Å². The lowest BCUT2D eigenvalue weighted by Gasteiger charge is -2.07. The number of amides is 1. The Bertz CT molecular complexity index is 631. The summed E-state index contributed by atoms with van der Waals surface area (Å²) < 4.78 is 30.9. The summed E-state index contributed by atoms with van der Waals surface area (Å²) in [6.07, 6.45) is -1.07. The molecule has 7 nitrogen and oxygen atoms in total. The Labute approximate surface area is 117 Å². The fourth-order valence-electron chi connectivity index (χ4n) is 1.27. The van der Waals surface area contributed by atoms with Crippen molar-refractivity contribution >= 4 is 16.3 Å². The average Bonchev–Trinajstić information content (AvgIpc) is 2.43. The van der Waals surface area contributed by atoms with Crippen LogP contribution in [0.5, 0.6) is 0 Å². The lowest BCUT2D eigenvalue weighted by Crippen LogP contribution is -2.39. The van der Waals surface area contributed by atoms with Crippen molar-refractivity contribution < 1.29 is 23.1 Å². The van der Waals surface area contributed by atoms with E-state index >= 15 is 0 Å². The SMILES string of the molecule is COC(=O)NS(=O)(=O)NCc1cccc(C#CCO)c1. The predicted octanol–water partition coefficient (Wildman–Crippen LogP) is -0.279. The van der Waals surface area contributed by atoms with Crippen LogP contribution in [0.25, 0.3) is 0 Å². The van der Waals surface area contributed by atoms with Gasteiger partial charge in [0.1, 0.15) is 6.61 Å². The van der Waals surface area contributed by atoms with Crippen molar-refractivity contribution in [1.82, 2.24) is 9.44 Å². The molecule has 0 aliphatic heterocycles. The first kappa shape index (κ1) is 16.0. The van der Waals surface area contributed by atoms with Gasteiger partial charge < -0.3 is 9.84 Å². The second-order valence-corrected chi connectivity index (χ2v) is 5.08. The molecule has 0 unspecified atom stereocenters. The van der Waals surface area contributed by atoms with Crippen LogP contribution in [0.4, 0.5) is 4.79 Å². The van der Waals surface area contributed by atoms with Gasteiger partial charge in [-0.05, 0) is 17.7 Å². The summed E-state index contributed by atoms with van der Waals surface area (Å²) in [5, 5.41) is 8.60. The third kappa shape index (κ3) is 5.71. The van der Waals surface area contributed by atoms with Crippen LogP contribution < -0.4 is 9.44 Å². The maximum absolute atomic E-state index is 11.4. The third-order valence-corrected chi connectivity index (χ3v) is 3.07. The lowest BCUT2D eigenvalue weighted by molar-refractivity contribution is 0.177. The van der Waals surface area contributed by atoms with Crippen LogP contribution >= 0.6 is 0 Å². The van der Waals surface area contributed by atoms with Crippen LogP contribution in [-0.4, -0.2) is 33.3 Å². The highest BCUT2D eigenvalue weighted by atomic mass is 32.2. The standard InChI is InChI=1S/C12H14N2O5S/c1-19-12(16)14-20(17,18)13-9-11-5-2-4-10(8-11)6-3-7-15/h2,4-5,8,13,15H,7,9H2,1H3,(H,14,16). The molecule has 3 N–H and O–H groups in total. The number of rotatable bonds is 4. The molecule has 1 aromatic rings. The molecule has 20 heavy (non-hydrogen) atoms. The molecule has 0 aliphatic carbocycles. The summed E-state index contributed by atoms with van der Waals surface area (Å²) in [4.78, 5) is 10.8. The Morgan fingerprint density at radius 1 is 1.45 bits per heavy atom. The molecule has 0 saturated carbocycles. The largest absolute Gasteiger partial charge is 0.452 e. The van der Waals surface area contributed by atoms with Crippen LogP contribution in [0.2, 0.25) is 0 Å². The van der Waals surface area contributed by atoms with Gasteiger partial charge in [0.25, 0.3) is 0 Å². The normalized spacial score (nSPS) is 10.3. The van der Waals surface area contributed by atoms with E-state index in [1.807, 2.05) is 0 Å². The quantitative estimate of drug-likeness (QED) is 0.663. The van der Waals surface area contributed by atoms with E-state index in [1.54, 1.807) is 29.0 Å². The maximum atomic E-state index is 11.4. The van der Waals surface area contributed by atoms with Gasteiger partial charge in [0, 0.05) is 12.1 Å². The molecule has 0 aromatic heterocycles. The minimum absolute atomic E-state index is 0.0129. The predicted molar refractivity (Wildman–Crippen MR) is 71.7 cm³/mol. The molecular formula is C12H14N2O5S. The molecule has 1 aromatic carbocycles. The van der Waals surface area contributed by atoms with Gasteiger partial charge >= 0.3 is 16.3 Å². The average molecular weight is 298 g/mol. The van der Waals surface area contributed by atoms with Gasteiger partial charge in [-0.1, -0.05) is 24.0 Å². The molecule has 0 atom stereocenters. The van der Waals surface area contributed by atoms with Crippen molar-refractivity contribution in [2.45, 2.75) is 6.54 Å². The Hall–Kier alpha value is -2.08. The van der Waals surface area contributed by atoms with E-state index in [2.05, 4.69) is 21.3 Å². The molecule has 8 heteroatoms. The van der Waals surface area contributed by atoms with Crippen molar-refractivity contribution in [3.8, 4) is 11.8 Å². The molecule has 1 amide bonds. The summed E-state index contributed by atoms with van der Waals surface area (Å²) in [6, 6.07) is 6.81. The number of aliphatic hydroxyl groups excluding tert-OH is 1. The zero-order valence-corrected chi connectivity index (χ0v) is 11.5. The zero-order chi connectivity index (χ0) is 15.0. The highest BCUT2D eigenvalue weighted by Crippen LogP contribution is 2.04. The first-order chi connectivity index (χ1) is 9.46. The van der Waals surface area contributed by atoms with Crippen molar-refractivity contribution in [2.75, 3.05) is 13.7 Å². The number of hydrogen-bond donors (Lipinski definition) is 3. The fraction of sp³-hybridized carbons (Fsp3) is 0.250. The molecule has 0 aliphatic rings. The zero-order valence-electron chi connectivity index (χ0n) is 10.7. The molecule has 1 rings (SSSR count). The second-order valence-electron chi connectivity index (χ2n) is 3.58. The number of methoxy groups -OCH3 is 1. The summed E-state index contributed by atoms with van der Waals surface area (Å²) in [5.74, 6) is 5.20. The number of carbonyl (C=O) groups is 1. The first-order valence-electron chi connectivity index (χ1n) is 5.51. The molecular weight excluding hydrogens is 284 g/mol. The minimum atomic E-state index is -3.97. The van der Waals surface area contributed by atoms with Crippen molar-refractivity contribution in [3.63, 3.8) is 0 Å². The first-order valence-corrected chi connectivity index (χ1v) is 6.99. The van der Waals surface area contributed by atoms with Gasteiger partial charge in [-0.15, -0.1) is 0 Å².